The van der Waals surface area contributed by atoms with Crippen molar-refractivity contribution in [2.75, 3.05) is 5.43 Å². The third kappa shape index (κ3) is 2.99. The van der Waals surface area contributed by atoms with Crippen molar-refractivity contribution in [2.24, 2.45) is 5.84 Å². The van der Waals surface area contributed by atoms with E-state index in [9.17, 15) is 0 Å². The van der Waals surface area contributed by atoms with E-state index in [-0.39, 0.29) is 0 Å². The summed E-state index contributed by atoms with van der Waals surface area (Å²) in [4.78, 5) is 4.07. The number of fused-ring (bicyclic) bond motifs is 1. The molecule has 0 fully saturated rings. The van der Waals surface area contributed by atoms with E-state index in [0.717, 1.165) is 21.2 Å². The zero-order valence-electron chi connectivity index (χ0n) is 11.2. The lowest BCUT2D eigenvalue weighted by Crippen LogP contribution is -2.09. The fourth-order valence-electron chi connectivity index (χ4n) is 2.13. The number of hydrogen-bond donors (Lipinski definition) is 2. The molecule has 0 amide bonds. The van der Waals surface area contributed by atoms with Gasteiger partial charge in [0.25, 0.3) is 0 Å². The molecule has 1 heterocycles. The number of nitrogens with one attached hydrogen (secondary N) is 1. The fraction of sp³-hybridized carbons (Fsp3) is 0.0625. The van der Waals surface area contributed by atoms with Gasteiger partial charge in [0.2, 0.25) is 0 Å². The van der Waals surface area contributed by atoms with E-state index in [1.165, 1.54) is 5.39 Å². The minimum absolute atomic E-state index is 0.453. The highest BCUT2D eigenvalue weighted by atomic mass is 79.9. The molecule has 1 aromatic heterocycles. The fourth-order valence-corrected chi connectivity index (χ4v) is 2.74. The molecule has 0 aliphatic heterocycles. The highest BCUT2D eigenvalue weighted by molar-refractivity contribution is 9.10. The summed E-state index contributed by atoms with van der Waals surface area (Å²) in [6.45, 7) is 0.453. The maximum Gasteiger partial charge on any atom is 0.140 e. The van der Waals surface area contributed by atoms with Gasteiger partial charge in [-0.2, -0.15) is 0 Å². The summed E-state index contributed by atoms with van der Waals surface area (Å²) < 4.78 is 6.85. The van der Waals surface area contributed by atoms with E-state index >= 15 is 0 Å². The van der Waals surface area contributed by atoms with Crippen molar-refractivity contribution in [2.45, 2.75) is 6.61 Å². The molecule has 0 saturated heterocycles. The van der Waals surface area contributed by atoms with Crippen molar-refractivity contribution < 1.29 is 4.74 Å². The molecule has 106 valence electrons. The lowest BCUT2D eigenvalue weighted by Gasteiger charge is -2.11. The van der Waals surface area contributed by atoms with Crippen LogP contribution < -0.4 is 16.0 Å². The predicted octanol–water partition coefficient (Wildman–Crippen LogP) is 3.86. The van der Waals surface area contributed by atoms with Gasteiger partial charge in [-0.25, -0.2) is 10.8 Å². The van der Waals surface area contributed by atoms with Gasteiger partial charge in [0.1, 0.15) is 18.2 Å². The Morgan fingerprint density at radius 1 is 1.14 bits per heavy atom. The second kappa shape index (κ2) is 6.11. The topological polar surface area (TPSA) is 60.2 Å². The number of aromatic nitrogens is 1. The van der Waals surface area contributed by atoms with Crippen LogP contribution in [0.3, 0.4) is 0 Å². The van der Waals surface area contributed by atoms with Gasteiger partial charge in [0, 0.05) is 6.20 Å². The van der Waals surface area contributed by atoms with Crippen LogP contribution >= 0.6 is 15.9 Å². The standard InChI is InChI=1S/C16H14BrN3O/c17-16-13-4-2-1-3-12(13)5-6-14(16)21-10-11-7-8-19-15(9-11)20-18/h1-9H,10,18H2,(H,19,20). The molecule has 0 bridgehead atoms. The molecular formula is C16H14BrN3O. The van der Waals surface area contributed by atoms with Crippen molar-refractivity contribution >= 4 is 32.5 Å². The molecule has 0 aliphatic carbocycles. The molecule has 4 nitrogen and oxygen atoms in total. The summed E-state index contributed by atoms with van der Waals surface area (Å²) in [5.74, 6) is 6.78. The van der Waals surface area contributed by atoms with Crippen molar-refractivity contribution in [3.05, 3.63) is 64.8 Å². The number of nitrogens with two attached hydrogens (primary N) is 1. The lowest BCUT2D eigenvalue weighted by molar-refractivity contribution is 0.304. The summed E-state index contributed by atoms with van der Waals surface area (Å²) in [5.41, 5.74) is 3.52. The van der Waals surface area contributed by atoms with Crippen molar-refractivity contribution in [3.8, 4) is 5.75 Å². The van der Waals surface area contributed by atoms with Crippen molar-refractivity contribution in [1.82, 2.24) is 4.98 Å². The SMILES string of the molecule is NNc1cc(COc2ccc3ccccc3c2Br)ccn1. The Hall–Kier alpha value is -2.11. The van der Waals surface area contributed by atoms with Gasteiger partial charge in [-0.1, -0.05) is 30.3 Å². The van der Waals surface area contributed by atoms with Gasteiger partial charge >= 0.3 is 0 Å². The van der Waals surface area contributed by atoms with Gasteiger partial charge in [-0.05, 0) is 50.5 Å². The van der Waals surface area contributed by atoms with Crippen molar-refractivity contribution in [1.29, 1.82) is 0 Å². The Morgan fingerprint density at radius 3 is 2.86 bits per heavy atom. The van der Waals surface area contributed by atoms with E-state index in [4.69, 9.17) is 10.6 Å². The number of nitrogen functional groups attached to an aromatic ring is 1. The molecule has 2 aromatic carbocycles. The van der Waals surface area contributed by atoms with Crippen LogP contribution in [0.1, 0.15) is 5.56 Å². The van der Waals surface area contributed by atoms with Crippen LogP contribution in [0, 0.1) is 0 Å². The normalized spacial score (nSPS) is 10.6. The number of rotatable bonds is 4. The first-order valence-electron chi connectivity index (χ1n) is 6.49. The van der Waals surface area contributed by atoms with E-state index in [1.54, 1.807) is 6.20 Å². The first kappa shape index (κ1) is 13.9. The summed E-state index contributed by atoms with van der Waals surface area (Å²) in [6.07, 6.45) is 1.70. The third-order valence-electron chi connectivity index (χ3n) is 3.19. The Kier molecular flexibility index (Phi) is 4.03. The second-order valence-electron chi connectivity index (χ2n) is 4.58. The molecule has 0 atom stereocenters. The van der Waals surface area contributed by atoms with Crippen LogP contribution in [-0.4, -0.2) is 4.98 Å². The molecule has 21 heavy (non-hydrogen) atoms. The Bertz CT molecular complexity index is 776. The molecular weight excluding hydrogens is 330 g/mol. The zero-order valence-corrected chi connectivity index (χ0v) is 12.8. The van der Waals surface area contributed by atoms with Crippen LogP contribution in [0.2, 0.25) is 0 Å². The molecule has 0 saturated carbocycles. The molecule has 3 rings (SSSR count). The number of halogens is 1. The zero-order chi connectivity index (χ0) is 14.7. The van der Waals surface area contributed by atoms with Crippen LogP contribution in [-0.2, 0) is 6.61 Å². The highest BCUT2D eigenvalue weighted by Gasteiger charge is 2.06. The molecule has 0 unspecified atom stereocenters. The average molecular weight is 344 g/mol. The van der Waals surface area contributed by atoms with Gasteiger partial charge < -0.3 is 10.2 Å². The van der Waals surface area contributed by atoms with Gasteiger partial charge in [0.15, 0.2) is 0 Å². The van der Waals surface area contributed by atoms with Gasteiger partial charge in [-0.3, -0.25) is 0 Å². The highest BCUT2D eigenvalue weighted by Crippen LogP contribution is 2.33. The predicted molar refractivity (Wildman–Crippen MR) is 88.0 cm³/mol. The molecule has 3 aromatic rings. The number of pyridine rings is 1. The minimum atomic E-state index is 0.453. The molecule has 0 aliphatic rings. The first-order chi connectivity index (χ1) is 10.3. The number of hydrogen-bond acceptors (Lipinski definition) is 4. The molecule has 0 radical (unpaired) electrons. The smallest absolute Gasteiger partial charge is 0.140 e. The molecule has 3 N–H and O–H groups in total. The van der Waals surface area contributed by atoms with Crippen LogP contribution in [0.15, 0.2) is 59.2 Å². The third-order valence-corrected chi connectivity index (χ3v) is 4.01. The number of anilines is 1. The summed E-state index contributed by atoms with van der Waals surface area (Å²) in [6, 6.07) is 15.9. The van der Waals surface area contributed by atoms with Gasteiger partial charge in [-0.15, -0.1) is 0 Å². The number of nitrogens with zero attached hydrogens (tertiary/aromatic N) is 1. The second-order valence-corrected chi connectivity index (χ2v) is 5.37. The summed E-state index contributed by atoms with van der Waals surface area (Å²) in [5, 5.41) is 2.31. The largest absolute Gasteiger partial charge is 0.488 e. The molecule has 0 spiro atoms. The minimum Gasteiger partial charge on any atom is -0.488 e. The number of ether oxygens (including phenoxy) is 1. The van der Waals surface area contributed by atoms with Crippen LogP contribution in [0.25, 0.3) is 10.8 Å². The van der Waals surface area contributed by atoms with E-state index < -0.39 is 0 Å². The molecule has 5 heteroatoms. The van der Waals surface area contributed by atoms with E-state index in [1.807, 2.05) is 30.3 Å². The van der Waals surface area contributed by atoms with E-state index in [0.29, 0.717) is 12.4 Å². The first-order valence-corrected chi connectivity index (χ1v) is 7.29. The average Bonchev–Trinajstić information content (AvgIpc) is 2.55. The Balaban J connectivity index is 1.83. The summed E-state index contributed by atoms with van der Waals surface area (Å²) >= 11 is 3.61. The Morgan fingerprint density at radius 2 is 2.00 bits per heavy atom. The quantitative estimate of drug-likeness (QED) is 0.557. The maximum atomic E-state index is 5.89. The maximum absolute atomic E-state index is 5.89. The Labute approximate surface area is 131 Å². The number of benzene rings is 2. The lowest BCUT2D eigenvalue weighted by atomic mass is 10.1. The summed E-state index contributed by atoms with van der Waals surface area (Å²) in [7, 11) is 0. The monoisotopic (exact) mass is 343 g/mol. The van der Waals surface area contributed by atoms with Crippen LogP contribution in [0.4, 0.5) is 5.82 Å². The number of hydrazine groups is 1. The van der Waals surface area contributed by atoms with E-state index in [2.05, 4.69) is 44.5 Å². The van der Waals surface area contributed by atoms with Gasteiger partial charge in [0.05, 0.1) is 4.47 Å². The van der Waals surface area contributed by atoms with Crippen LogP contribution in [0.5, 0.6) is 5.75 Å². The van der Waals surface area contributed by atoms with Crippen molar-refractivity contribution in [3.63, 3.8) is 0 Å².